The molecule has 4 N–H and O–H groups in total. The molecule has 1 aliphatic heterocycles. The topological polar surface area (TPSA) is 186 Å². The Kier molecular flexibility index (Phi) is 33.1. The van der Waals surface area contributed by atoms with Crippen LogP contribution >= 0.6 is 0 Å². The van der Waals surface area contributed by atoms with E-state index in [1.165, 1.54) is 103 Å². The average Bonchev–Trinajstić information content (AvgIpc) is 3.18. The van der Waals surface area contributed by atoms with Gasteiger partial charge < -0.3 is 34.3 Å². The molecular weight excluding hydrogens is 765 g/mol. The third-order valence-electron chi connectivity index (χ3n) is 10.2. The van der Waals surface area contributed by atoms with Crippen LogP contribution in [0.25, 0.3) is 0 Å². The first-order chi connectivity index (χ1) is 28.0. The fraction of sp³-hybridized carbons (Fsp3) is 0.822. The van der Waals surface area contributed by atoms with Crippen molar-refractivity contribution in [2.45, 2.75) is 218 Å². The van der Waals surface area contributed by atoms with Gasteiger partial charge in [-0.05, 0) is 57.8 Å². The Balaban J connectivity index is 2.50. The van der Waals surface area contributed by atoms with Crippen molar-refractivity contribution in [1.82, 2.24) is 0 Å². The van der Waals surface area contributed by atoms with Gasteiger partial charge in [0, 0.05) is 12.8 Å². The maximum Gasteiger partial charge on any atom is 0.306 e. The molecule has 0 aromatic rings. The van der Waals surface area contributed by atoms with Crippen molar-refractivity contribution in [2.24, 2.45) is 0 Å². The van der Waals surface area contributed by atoms with Crippen molar-refractivity contribution >= 4 is 22.1 Å². The van der Waals surface area contributed by atoms with Gasteiger partial charge in [0.25, 0.3) is 10.1 Å². The van der Waals surface area contributed by atoms with E-state index < -0.39 is 71.2 Å². The molecule has 13 heteroatoms. The molecule has 2 unspecified atom stereocenters. The van der Waals surface area contributed by atoms with Crippen molar-refractivity contribution < 1.29 is 56.8 Å². The number of rotatable bonds is 37. The smallest absolute Gasteiger partial charge is 0.306 e. The average molecular weight is 845 g/mol. The molecule has 0 amide bonds. The SMILES string of the molecule is CCCCCCCC/C=C/C/C=C/CCCCC(=O)O[C@H](COC(=O)CC/C=C/CCCCCCCCCCCCC)CO[C@H]1O[C@H](CS(=O)(=O)O)[C@@H](O)C(O)C1O. The zero-order valence-corrected chi connectivity index (χ0v) is 36.7. The van der Waals surface area contributed by atoms with E-state index in [9.17, 15) is 37.9 Å². The molecule has 0 aromatic heterocycles. The van der Waals surface area contributed by atoms with Crippen LogP contribution in [-0.2, 0) is 38.7 Å². The van der Waals surface area contributed by atoms with Crippen molar-refractivity contribution in [3.63, 3.8) is 0 Å². The lowest BCUT2D eigenvalue weighted by Gasteiger charge is -2.40. The summed E-state index contributed by atoms with van der Waals surface area (Å²) in [6.07, 6.45) is 30.6. The van der Waals surface area contributed by atoms with E-state index in [0.29, 0.717) is 12.8 Å². The van der Waals surface area contributed by atoms with Gasteiger partial charge in [0.2, 0.25) is 0 Å². The minimum atomic E-state index is -4.61. The van der Waals surface area contributed by atoms with Gasteiger partial charge in [0.15, 0.2) is 12.4 Å². The molecule has 0 radical (unpaired) electrons. The van der Waals surface area contributed by atoms with E-state index in [1.807, 2.05) is 6.08 Å². The summed E-state index contributed by atoms with van der Waals surface area (Å²) in [6, 6.07) is 0. The molecule has 1 heterocycles. The molecule has 1 rings (SSSR count). The van der Waals surface area contributed by atoms with E-state index in [-0.39, 0.29) is 19.4 Å². The Bertz CT molecular complexity index is 1220. The fourth-order valence-electron chi connectivity index (χ4n) is 6.66. The van der Waals surface area contributed by atoms with E-state index >= 15 is 0 Å². The molecule has 0 bridgehead atoms. The minimum Gasteiger partial charge on any atom is -0.462 e. The molecule has 0 saturated carbocycles. The van der Waals surface area contributed by atoms with Crippen LogP contribution in [0.4, 0.5) is 0 Å². The number of hydrogen-bond acceptors (Lipinski definition) is 11. The van der Waals surface area contributed by atoms with E-state index in [4.69, 9.17) is 18.9 Å². The summed E-state index contributed by atoms with van der Waals surface area (Å²) in [5.41, 5.74) is 0. The van der Waals surface area contributed by atoms with Gasteiger partial charge in [-0.3, -0.25) is 14.1 Å². The highest BCUT2D eigenvalue weighted by atomic mass is 32.2. The lowest BCUT2D eigenvalue weighted by Crippen LogP contribution is -2.60. The largest absolute Gasteiger partial charge is 0.462 e. The molecule has 0 aliphatic carbocycles. The number of hydrogen-bond donors (Lipinski definition) is 4. The first-order valence-corrected chi connectivity index (χ1v) is 24.2. The van der Waals surface area contributed by atoms with E-state index in [0.717, 1.165) is 38.5 Å². The summed E-state index contributed by atoms with van der Waals surface area (Å²) in [7, 11) is -4.61. The lowest BCUT2D eigenvalue weighted by atomic mass is 10.00. The monoisotopic (exact) mass is 845 g/mol. The molecule has 1 aliphatic rings. The molecule has 1 saturated heterocycles. The van der Waals surface area contributed by atoms with Crippen LogP contribution in [0.5, 0.6) is 0 Å². The summed E-state index contributed by atoms with van der Waals surface area (Å²) in [5.74, 6) is -2.08. The second kappa shape index (κ2) is 35.6. The molecule has 1 fully saturated rings. The van der Waals surface area contributed by atoms with Crippen LogP contribution in [0.15, 0.2) is 36.5 Å². The van der Waals surface area contributed by atoms with Crippen molar-refractivity contribution in [3.05, 3.63) is 36.5 Å². The fourth-order valence-corrected chi connectivity index (χ4v) is 7.36. The van der Waals surface area contributed by atoms with Crippen LogP contribution in [0, 0.1) is 0 Å². The van der Waals surface area contributed by atoms with Crippen LogP contribution in [0.1, 0.15) is 181 Å². The maximum atomic E-state index is 12.8. The highest BCUT2D eigenvalue weighted by molar-refractivity contribution is 7.85. The normalized spacial score (nSPS) is 20.7. The zero-order chi connectivity index (χ0) is 42.7. The Morgan fingerprint density at radius 2 is 1.07 bits per heavy atom. The number of carbonyl (C=O) groups excluding carboxylic acids is 2. The van der Waals surface area contributed by atoms with Crippen molar-refractivity contribution in [3.8, 4) is 0 Å². The van der Waals surface area contributed by atoms with Crippen molar-refractivity contribution in [2.75, 3.05) is 19.0 Å². The number of allylic oxidation sites excluding steroid dienone is 6. The molecule has 12 nitrogen and oxygen atoms in total. The molecule has 0 spiro atoms. The molecular formula is C45H80O12S. The first-order valence-electron chi connectivity index (χ1n) is 22.5. The number of aliphatic hydroxyl groups is 3. The van der Waals surface area contributed by atoms with Gasteiger partial charge in [-0.1, -0.05) is 147 Å². The molecule has 6 atom stereocenters. The Morgan fingerprint density at radius 3 is 1.60 bits per heavy atom. The summed E-state index contributed by atoms with van der Waals surface area (Å²) < 4.78 is 53.9. The second-order valence-electron chi connectivity index (χ2n) is 15.7. The van der Waals surface area contributed by atoms with Gasteiger partial charge in [0.05, 0.1) is 6.61 Å². The summed E-state index contributed by atoms with van der Waals surface area (Å²) in [4.78, 5) is 25.3. The number of aliphatic hydroxyl groups excluding tert-OH is 3. The number of ether oxygens (including phenoxy) is 4. The van der Waals surface area contributed by atoms with E-state index in [1.54, 1.807) is 0 Å². The Hall–Kier alpha value is -2.13. The number of carbonyl (C=O) groups is 2. The van der Waals surface area contributed by atoms with Gasteiger partial charge in [-0.15, -0.1) is 0 Å². The van der Waals surface area contributed by atoms with Crippen LogP contribution in [-0.4, -0.2) is 96.0 Å². The third kappa shape index (κ3) is 30.0. The highest BCUT2D eigenvalue weighted by Crippen LogP contribution is 2.24. The predicted molar refractivity (Wildman–Crippen MR) is 229 cm³/mol. The first kappa shape index (κ1) is 53.9. The van der Waals surface area contributed by atoms with Gasteiger partial charge in [-0.2, -0.15) is 8.42 Å². The lowest BCUT2D eigenvalue weighted by molar-refractivity contribution is -0.297. The van der Waals surface area contributed by atoms with Crippen LogP contribution in [0.3, 0.4) is 0 Å². The summed E-state index contributed by atoms with van der Waals surface area (Å²) >= 11 is 0. The van der Waals surface area contributed by atoms with Crippen LogP contribution in [0.2, 0.25) is 0 Å². The maximum absolute atomic E-state index is 12.8. The molecule has 0 aromatic carbocycles. The quantitative estimate of drug-likeness (QED) is 0.0202. The Labute approximate surface area is 351 Å². The third-order valence-corrected chi connectivity index (χ3v) is 11.0. The predicted octanol–water partition coefficient (Wildman–Crippen LogP) is 9.00. The molecule has 58 heavy (non-hydrogen) atoms. The minimum absolute atomic E-state index is 0.115. The standard InChI is InChI=1S/C45H80O12S/c1-3-5-7-9-11-13-15-17-19-21-23-25-27-29-31-33-40(46)54-35-38(36-55-45-44(50)43(49)42(48)39(57-45)37-58(51,52)53)56-41(47)34-32-30-28-26-24-22-20-18-16-14-12-10-8-6-4-2/h18,20,24,26-27,29,38-39,42-45,48-50H,3-17,19,21-23,25,28,30-37H2,1-2H3,(H,51,52,53)/b20-18+,26-24+,29-27+/t38-,39-,42-,43?,44?,45+/m1/s1. The number of esters is 2. The highest BCUT2D eigenvalue weighted by Gasteiger charge is 2.46. The van der Waals surface area contributed by atoms with Crippen LogP contribution < -0.4 is 0 Å². The van der Waals surface area contributed by atoms with Gasteiger partial charge in [-0.25, -0.2) is 0 Å². The molecule has 338 valence electrons. The van der Waals surface area contributed by atoms with Gasteiger partial charge in [0.1, 0.15) is 36.8 Å². The number of unbranched alkanes of at least 4 members (excludes halogenated alkanes) is 19. The summed E-state index contributed by atoms with van der Waals surface area (Å²) in [5, 5.41) is 30.8. The summed E-state index contributed by atoms with van der Waals surface area (Å²) in [6.45, 7) is 3.69. The zero-order valence-electron chi connectivity index (χ0n) is 35.9. The van der Waals surface area contributed by atoms with E-state index in [2.05, 4.69) is 44.2 Å². The second-order valence-corrected chi connectivity index (χ2v) is 17.2. The van der Waals surface area contributed by atoms with Gasteiger partial charge >= 0.3 is 11.9 Å². The van der Waals surface area contributed by atoms with Crippen molar-refractivity contribution in [1.29, 1.82) is 0 Å². The Morgan fingerprint density at radius 1 is 0.586 bits per heavy atom.